The number of rotatable bonds is 4. The third-order valence-electron chi connectivity index (χ3n) is 3.79. The molecule has 118 valence electrons. The van der Waals surface area contributed by atoms with Crippen LogP contribution in [0.1, 0.15) is 13.8 Å². The zero-order valence-electron chi connectivity index (χ0n) is 12.5. The number of nitrogens with zero attached hydrogens (tertiary/aromatic N) is 6. The van der Waals surface area contributed by atoms with Gasteiger partial charge in [0.2, 0.25) is 10.9 Å². The third kappa shape index (κ3) is 1.93. The molecule has 0 bridgehead atoms. The Kier molecular flexibility index (Phi) is 3.05. The van der Waals surface area contributed by atoms with Gasteiger partial charge in [-0.05, 0) is 26.0 Å². The van der Waals surface area contributed by atoms with Gasteiger partial charge < -0.3 is 9.67 Å². The van der Waals surface area contributed by atoms with Gasteiger partial charge in [-0.3, -0.25) is 4.79 Å². The van der Waals surface area contributed by atoms with E-state index in [0.29, 0.717) is 10.9 Å². The number of carboxylic acid groups (broad SMARTS) is 1. The number of hydrogen-bond acceptors (Lipinski definition) is 5. The monoisotopic (exact) mass is 330 g/mol. The summed E-state index contributed by atoms with van der Waals surface area (Å²) in [6, 6.07) is 8.02. The maximum atomic E-state index is 11.1. The van der Waals surface area contributed by atoms with E-state index in [9.17, 15) is 4.79 Å². The third-order valence-corrected chi connectivity index (χ3v) is 4.81. The van der Waals surface area contributed by atoms with E-state index in [1.165, 1.54) is 0 Å². The summed E-state index contributed by atoms with van der Waals surface area (Å²) in [6.45, 7) is 4.45. The molecule has 4 rings (SSSR count). The number of para-hydroxylation sites is 2. The summed E-state index contributed by atoms with van der Waals surface area (Å²) < 4.78 is 5.65. The van der Waals surface area contributed by atoms with Crippen molar-refractivity contribution >= 4 is 40.3 Å². The second kappa shape index (κ2) is 4.98. The topological polar surface area (TPSA) is 89.7 Å². The molecule has 0 spiro atoms. The predicted octanol–water partition coefficient (Wildman–Crippen LogP) is 1.92. The van der Waals surface area contributed by atoms with Crippen molar-refractivity contribution in [1.82, 2.24) is 28.8 Å². The van der Waals surface area contributed by atoms with Gasteiger partial charge in [0, 0.05) is 6.54 Å². The van der Waals surface area contributed by atoms with Gasteiger partial charge in [0.05, 0.1) is 11.0 Å². The molecule has 9 heteroatoms. The van der Waals surface area contributed by atoms with Gasteiger partial charge in [-0.1, -0.05) is 23.9 Å². The Bertz CT molecular complexity index is 1050. The molecular weight excluding hydrogens is 316 g/mol. The molecule has 1 atom stereocenters. The molecule has 0 radical (unpaired) electrons. The van der Waals surface area contributed by atoms with Crippen molar-refractivity contribution in [3.8, 4) is 0 Å². The molecule has 0 aliphatic heterocycles. The number of thioether (sulfide) groups is 1. The Hall–Kier alpha value is -2.55. The summed E-state index contributed by atoms with van der Waals surface area (Å²) in [4.78, 5) is 11.1. The molecule has 0 saturated carbocycles. The van der Waals surface area contributed by atoms with Crippen molar-refractivity contribution in [2.45, 2.75) is 30.8 Å². The Morgan fingerprint density at radius 1 is 1.26 bits per heavy atom. The van der Waals surface area contributed by atoms with E-state index >= 15 is 0 Å². The van der Waals surface area contributed by atoms with Gasteiger partial charge in [-0.15, -0.1) is 15.3 Å². The van der Waals surface area contributed by atoms with Gasteiger partial charge in [0.25, 0.3) is 5.78 Å². The van der Waals surface area contributed by atoms with E-state index in [1.54, 1.807) is 11.4 Å². The van der Waals surface area contributed by atoms with Crippen molar-refractivity contribution in [2.75, 3.05) is 0 Å². The molecule has 0 aliphatic carbocycles. The molecule has 3 heterocycles. The number of carbonyl (C=O) groups is 1. The summed E-state index contributed by atoms with van der Waals surface area (Å²) in [7, 11) is 0. The molecule has 1 unspecified atom stereocenters. The standard InChI is InChI=1S/C14H14N6O2S/c1-3-18-9-6-4-5-7-10(9)19-12-15-16-14(20(12)17-13(18)19)23-8(2)11(21)22/h4-8H,3H2,1-2H3,(H,21,22). The number of aliphatic carboxylic acids is 1. The summed E-state index contributed by atoms with van der Waals surface area (Å²) in [5, 5.41) is 21.8. The van der Waals surface area contributed by atoms with Gasteiger partial charge in [-0.25, -0.2) is 4.40 Å². The molecule has 0 aliphatic rings. The van der Waals surface area contributed by atoms with Gasteiger partial charge in [-0.2, -0.15) is 4.52 Å². The molecule has 8 nitrogen and oxygen atoms in total. The maximum absolute atomic E-state index is 11.1. The van der Waals surface area contributed by atoms with Crippen LogP contribution in [0.2, 0.25) is 0 Å². The van der Waals surface area contributed by atoms with Crippen LogP contribution in [0.3, 0.4) is 0 Å². The first-order chi connectivity index (χ1) is 11.1. The van der Waals surface area contributed by atoms with Crippen molar-refractivity contribution in [3.05, 3.63) is 24.3 Å². The van der Waals surface area contributed by atoms with Crippen LogP contribution in [0, 0.1) is 0 Å². The Balaban J connectivity index is 1.99. The maximum Gasteiger partial charge on any atom is 0.316 e. The minimum absolute atomic E-state index is 0.477. The number of fused-ring (bicyclic) bond motifs is 5. The van der Waals surface area contributed by atoms with Crippen molar-refractivity contribution in [2.24, 2.45) is 0 Å². The Labute approximate surface area is 134 Å². The number of benzene rings is 1. The summed E-state index contributed by atoms with van der Waals surface area (Å²) in [6.07, 6.45) is 0. The van der Waals surface area contributed by atoms with Crippen LogP contribution in [-0.2, 0) is 11.3 Å². The highest BCUT2D eigenvalue weighted by Crippen LogP contribution is 2.26. The molecule has 23 heavy (non-hydrogen) atoms. The van der Waals surface area contributed by atoms with Crippen LogP contribution in [0.15, 0.2) is 29.4 Å². The van der Waals surface area contributed by atoms with Gasteiger partial charge >= 0.3 is 5.97 Å². The van der Waals surface area contributed by atoms with Crippen LogP contribution < -0.4 is 0 Å². The lowest BCUT2D eigenvalue weighted by Crippen LogP contribution is -2.12. The highest BCUT2D eigenvalue weighted by Gasteiger charge is 2.22. The average Bonchev–Trinajstić information content (AvgIpc) is 3.16. The SMILES string of the molecule is CCn1c2ccccc2n2c1nn1c(SC(C)C(=O)O)nnc12. The van der Waals surface area contributed by atoms with E-state index < -0.39 is 11.2 Å². The highest BCUT2D eigenvalue weighted by atomic mass is 32.2. The van der Waals surface area contributed by atoms with Crippen molar-refractivity contribution in [1.29, 1.82) is 0 Å². The fourth-order valence-corrected chi connectivity index (χ4v) is 3.41. The molecule has 1 N–H and O–H groups in total. The molecule has 0 fully saturated rings. The number of aromatic nitrogens is 6. The average molecular weight is 330 g/mol. The number of carboxylic acids is 1. The van der Waals surface area contributed by atoms with Gasteiger partial charge in [0.15, 0.2) is 0 Å². The van der Waals surface area contributed by atoms with E-state index in [-0.39, 0.29) is 0 Å². The van der Waals surface area contributed by atoms with Crippen LogP contribution in [-0.4, -0.2) is 45.1 Å². The van der Waals surface area contributed by atoms with Crippen LogP contribution in [0.25, 0.3) is 22.6 Å². The van der Waals surface area contributed by atoms with Crippen LogP contribution in [0.4, 0.5) is 0 Å². The summed E-state index contributed by atoms with van der Waals surface area (Å²) in [5.41, 5.74) is 2.08. The quantitative estimate of drug-likeness (QED) is 0.575. The number of imidazole rings is 1. The fourth-order valence-electron chi connectivity index (χ4n) is 2.68. The number of aryl methyl sites for hydroxylation is 1. The molecular formula is C14H14N6O2S. The second-order valence-corrected chi connectivity index (χ2v) is 6.47. The zero-order chi connectivity index (χ0) is 16.1. The second-order valence-electron chi connectivity index (χ2n) is 5.16. The van der Waals surface area contributed by atoms with E-state index in [1.807, 2.05) is 28.7 Å². The smallest absolute Gasteiger partial charge is 0.316 e. The van der Waals surface area contributed by atoms with Crippen LogP contribution >= 0.6 is 11.8 Å². The molecule has 3 aromatic heterocycles. The largest absolute Gasteiger partial charge is 0.480 e. The first-order valence-electron chi connectivity index (χ1n) is 7.22. The number of hydrogen-bond donors (Lipinski definition) is 1. The first kappa shape index (κ1) is 14.1. The minimum atomic E-state index is -0.890. The lowest BCUT2D eigenvalue weighted by atomic mass is 10.3. The molecule has 4 aromatic rings. The summed E-state index contributed by atoms with van der Waals surface area (Å²) in [5.74, 6) is 0.464. The lowest BCUT2D eigenvalue weighted by molar-refractivity contribution is -0.136. The molecule has 0 amide bonds. The van der Waals surface area contributed by atoms with Crippen LogP contribution in [0.5, 0.6) is 0 Å². The van der Waals surface area contributed by atoms with E-state index in [0.717, 1.165) is 35.1 Å². The predicted molar refractivity (Wildman–Crippen MR) is 85.9 cm³/mol. The first-order valence-corrected chi connectivity index (χ1v) is 8.10. The normalized spacial score (nSPS) is 13.3. The summed E-state index contributed by atoms with van der Waals surface area (Å²) >= 11 is 1.13. The molecule has 1 aromatic carbocycles. The van der Waals surface area contributed by atoms with E-state index in [4.69, 9.17) is 5.11 Å². The van der Waals surface area contributed by atoms with Gasteiger partial charge in [0.1, 0.15) is 5.25 Å². The fraction of sp³-hybridized carbons (Fsp3) is 0.286. The zero-order valence-corrected chi connectivity index (χ0v) is 13.4. The highest BCUT2D eigenvalue weighted by molar-refractivity contribution is 8.00. The van der Waals surface area contributed by atoms with Crippen molar-refractivity contribution in [3.63, 3.8) is 0 Å². The Morgan fingerprint density at radius 3 is 2.70 bits per heavy atom. The van der Waals surface area contributed by atoms with E-state index in [2.05, 4.69) is 26.8 Å². The minimum Gasteiger partial charge on any atom is -0.480 e. The van der Waals surface area contributed by atoms with Crippen molar-refractivity contribution < 1.29 is 9.90 Å². The Morgan fingerprint density at radius 2 is 2.00 bits per heavy atom. The lowest BCUT2D eigenvalue weighted by Gasteiger charge is -2.02. The molecule has 0 saturated heterocycles.